The van der Waals surface area contributed by atoms with Crippen molar-refractivity contribution in [3.8, 4) is 5.75 Å². The lowest BCUT2D eigenvalue weighted by atomic mass is 10.2. The van der Waals surface area contributed by atoms with Gasteiger partial charge in [0.25, 0.3) is 0 Å². The van der Waals surface area contributed by atoms with Crippen molar-refractivity contribution in [3.05, 3.63) is 57.8 Å². The first-order chi connectivity index (χ1) is 8.54. The summed E-state index contributed by atoms with van der Waals surface area (Å²) in [7, 11) is 0. The van der Waals surface area contributed by atoms with Crippen LogP contribution in [-0.2, 0) is 6.61 Å². The fourth-order valence-electron chi connectivity index (χ4n) is 1.63. The van der Waals surface area contributed by atoms with E-state index in [1.54, 1.807) is 6.07 Å². The van der Waals surface area contributed by atoms with Gasteiger partial charge in [-0.2, -0.15) is 0 Å². The lowest BCUT2D eigenvalue weighted by molar-refractivity contribution is 0.305. The largest absolute Gasteiger partial charge is 0.489 e. The number of hydrogen-bond acceptors (Lipinski definition) is 2. The molecule has 0 amide bonds. The van der Waals surface area contributed by atoms with Gasteiger partial charge in [-0.3, -0.25) is 0 Å². The number of anilines is 1. The molecule has 0 saturated carbocycles. The number of halogens is 2. The summed E-state index contributed by atoms with van der Waals surface area (Å²) in [6.45, 7) is 2.28. The van der Waals surface area contributed by atoms with Gasteiger partial charge in [0.05, 0.1) is 0 Å². The first kappa shape index (κ1) is 12.9. The normalized spacial score (nSPS) is 10.4. The Morgan fingerprint density at radius 3 is 2.67 bits per heavy atom. The number of aryl methyl sites for hydroxylation is 1. The third-order valence-corrected chi connectivity index (χ3v) is 3.40. The van der Waals surface area contributed by atoms with Crippen LogP contribution in [-0.4, -0.2) is 0 Å². The van der Waals surface area contributed by atoms with Crippen molar-refractivity contribution >= 4 is 21.6 Å². The van der Waals surface area contributed by atoms with Crippen LogP contribution in [0.5, 0.6) is 5.75 Å². The van der Waals surface area contributed by atoms with Gasteiger partial charge in [-0.15, -0.1) is 0 Å². The third-order valence-electron chi connectivity index (χ3n) is 2.51. The van der Waals surface area contributed by atoms with Gasteiger partial charge in [-0.1, -0.05) is 15.9 Å². The van der Waals surface area contributed by atoms with E-state index in [-0.39, 0.29) is 5.82 Å². The van der Waals surface area contributed by atoms with Gasteiger partial charge in [-0.25, -0.2) is 4.39 Å². The van der Waals surface area contributed by atoms with Crippen LogP contribution in [0, 0.1) is 12.7 Å². The summed E-state index contributed by atoms with van der Waals surface area (Å²) < 4.78 is 19.8. The van der Waals surface area contributed by atoms with Gasteiger partial charge in [0.1, 0.15) is 18.2 Å². The van der Waals surface area contributed by atoms with Crippen molar-refractivity contribution in [2.75, 3.05) is 5.73 Å². The van der Waals surface area contributed by atoms with Gasteiger partial charge < -0.3 is 10.5 Å². The fourth-order valence-corrected chi connectivity index (χ4v) is 1.88. The molecule has 0 aliphatic heterocycles. The molecule has 0 atom stereocenters. The Morgan fingerprint density at radius 1 is 1.22 bits per heavy atom. The molecule has 0 saturated heterocycles. The van der Waals surface area contributed by atoms with Crippen molar-refractivity contribution in [2.24, 2.45) is 0 Å². The van der Waals surface area contributed by atoms with Crippen molar-refractivity contribution < 1.29 is 9.13 Å². The van der Waals surface area contributed by atoms with E-state index in [9.17, 15) is 4.39 Å². The molecular formula is C14H13BrFNO. The molecule has 0 heterocycles. The number of nitrogens with two attached hydrogens (primary N) is 1. The molecule has 4 heteroatoms. The molecule has 0 aliphatic carbocycles. The SMILES string of the molecule is Cc1cc(OCc2cc(N)cc(F)c2)ccc1Br. The van der Waals surface area contributed by atoms with E-state index in [4.69, 9.17) is 10.5 Å². The second kappa shape index (κ2) is 5.40. The highest BCUT2D eigenvalue weighted by Gasteiger charge is 2.02. The highest BCUT2D eigenvalue weighted by atomic mass is 79.9. The first-order valence-corrected chi connectivity index (χ1v) is 6.28. The van der Waals surface area contributed by atoms with Crippen molar-refractivity contribution in [3.63, 3.8) is 0 Å². The Balaban J connectivity index is 2.08. The minimum absolute atomic E-state index is 0.295. The molecule has 2 aromatic carbocycles. The molecule has 0 unspecified atom stereocenters. The van der Waals surface area contributed by atoms with E-state index in [0.29, 0.717) is 17.9 Å². The molecule has 94 valence electrons. The molecule has 0 aliphatic rings. The molecule has 0 fully saturated rings. The Bertz CT molecular complexity index is 551. The minimum Gasteiger partial charge on any atom is -0.489 e. The zero-order chi connectivity index (χ0) is 13.1. The maximum atomic E-state index is 13.1. The average Bonchev–Trinajstić information content (AvgIpc) is 2.29. The summed E-state index contributed by atoms with van der Waals surface area (Å²) in [6, 6.07) is 10.1. The lowest BCUT2D eigenvalue weighted by Crippen LogP contribution is -1.98. The summed E-state index contributed by atoms with van der Waals surface area (Å²) >= 11 is 3.42. The number of hydrogen-bond donors (Lipinski definition) is 1. The van der Waals surface area contributed by atoms with Crippen LogP contribution < -0.4 is 10.5 Å². The number of benzene rings is 2. The number of rotatable bonds is 3. The molecule has 2 rings (SSSR count). The lowest BCUT2D eigenvalue weighted by Gasteiger charge is -2.08. The van der Waals surface area contributed by atoms with Gasteiger partial charge in [0, 0.05) is 10.2 Å². The predicted molar refractivity (Wildman–Crippen MR) is 74.0 cm³/mol. The maximum absolute atomic E-state index is 13.1. The molecule has 0 spiro atoms. The van der Waals surface area contributed by atoms with E-state index in [0.717, 1.165) is 15.8 Å². The maximum Gasteiger partial charge on any atom is 0.125 e. The molecule has 2 aromatic rings. The Morgan fingerprint density at radius 2 is 2.00 bits per heavy atom. The Labute approximate surface area is 114 Å². The quantitative estimate of drug-likeness (QED) is 0.868. The zero-order valence-corrected chi connectivity index (χ0v) is 11.5. The predicted octanol–water partition coefficient (Wildman–Crippen LogP) is 4.06. The first-order valence-electron chi connectivity index (χ1n) is 5.48. The van der Waals surface area contributed by atoms with Crippen LogP contribution >= 0.6 is 15.9 Å². The van der Waals surface area contributed by atoms with Crippen molar-refractivity contribution in [2.45, 2.75) is 13.5 Å². The monoisotopic (exact) mass is 309 g/mol. The third kappa shape index (κ3) is 3.23. The van der Waals surface area contributed by atoms with Gasteiger partial charge in [0.2, 0.25) is 0 Å². The van der Waals surface area contributed by atoms with E-state index >= 15 is 0 Å². The second-order valence-electron chi connectivity index (χ2n) is 4.09. The number of ether oxygens (including phenoxy) is 1. The Hall–Kier alpha value is -1.55. The van der Waals surface area contributed by atoms with Crippen LogP contribution in [0.3, 0.4) is 0 Å². The summed E-state index contributed by atoms with van der Waals surface area (Å²) in [5, 5.41) is 0. The Kier molecular flexibility index (Phi) is 3.87. The fraction of sp³-hybridized carbons (Fsp3) is 0.143. The van der Waals surface area contributed by atoms with Crippen LogP contribution in [0.15, 0.2) is 40.9 Å². The molecule has 2 nitrogen and oxygen atoms in total. The van der Waals surface area contributed by atoms with Crippen LogP contribution in [0.1, 0.15) is 11.1 Å². The second-order valence-corrected chi connectivity index (χ2v) is 4.95. The molecule has 0 radical (unpaired) electrons. The van der Waals surface area contributed by atoms with Gasteiger partial charge in [0.15, 0.2) is 0 Å². The van der Waals surface area contributed by atoms with Crippen molar-refractivity contribution in [1.82, 2.24) is 0 Å². The smallest absolute Gasteiger partial charge is 0.125 e. The summed E-state index contributed by atoms with van der Waals surface area (Å²) in [5.41, 5.74) is 7.78. The van der Waals surface area contributed by atoms with E-state index in [1.165, 1.54) is 12.1 Å². The van der Waals surface area contributed by atoms with Crippen LogP contribution in [0.4, 0.5) is 10.1 Å². The van der Waals surface area contributed by atoms with Gasteiger partial charge in [-0.05, 0) is 54.4 Å². The molecule has 0 bridgehead atoms. The summed E-state index contributed by atoms with van der Waals surface area (Å²) in [4.78, 5) is 0. The van der Waals surface area contributed by atoms with E-state index < -0.39 is 0 Å². The van der Waals surface area contributed by atoms with E-state index in [1.807, 2.05) is 25.1 Å². The van der Waals surface area contributed by atoms with E-state index in [2.05, 4.69) is 15.9 Å². The van der Waals surface area contributed by atoms with Gasteiger partial charge >= 0.3 is 0 Å². The average molecular weight is 310 g/mol. The standard InChI is InChI=1S/C14H13BrFNO/c1-9-4-13(2-3-14(9)15)18-8-10-5-11(16)7-12(17)6-10/h2-7H,8,17H2,1H3. The summed E-state index contributed by atoms with van der Waals surface area (Å²) in [5.74, 6) is 0.402. The highest BCUT2D eigenvalue weighted by Crippen LogP contribution is 2.22. The molecule has 18 heavy (non-hydrogen) atoms. The zero-order valence-electron chi connectivity index (χ0n) is 9.91. The van der Waals surface area contributed by atoms with Crippen LogP contribution in [0.25, 0.3) is 0 Å². The molecule has 0 aromatic heterocycles. The van der Waals surface area contributed by atoms with Crippen LogP contribution in [0.2, 0.25) is 0 Å². The molecular weight excluding hydrogens is 297 g/mol. The minimum atomic E-state index is -0.347. The summed E-state index contributed by atoms with van der Waals surface area (Å²) in [6.07, 6.45) is 0. The topological polar surface area (TPSA) is 35.2 Å². The van der Waals surface area contributed by atoms with Crippen molar-refractivity contribution in [1.29, 1.82) is 0 Å². The molecule has 2 N–H and O–H groups in total. The highest BCUT2D eigenvalue weighted by molar-refractivity contribution is 9.10. The number of nitrogen functional groups attached to an aromatic ring is 1.